The van der Waals surface area contributed by atoms with E-state index in [1.165, 1.54) is 17.2 Å². The number of nitrogens with zero attached hydrogens (tertiary/aromatic N) is 2. The number of anilines is 1. The summed E-state index contributed by atoms with van der Waals surface area (Å²) in [5.74, 6) is -1.20. The maximum atomic E-state index is 11.5. The van der Waals surface area contributed by atoms with E-state index < -0.39 is 5.97 Å². The first-order valence-electron chi connectivity index (χ1n) is 4.83. The number of aromatic carboxylic acids is 1. The summed E-state index contributed by atoms with van der Waals surface area (Å²) in [5, 5.41) is 8.78. The molecule has 1 fully saturated rings. The minimum atomic E-state index is -1.11. The molecule has 0 spiro atoms. The number of carbonyl (C=O) groups is 2. The lowest BCUT2D eigenvalue weighted by molar-refractivity contribution is -0.117. The lowest BCUT2D eigenvalue weighted by atomic mass is 10.3. The molecule has 6 nitrogen and oxygen atoms in total. The van der Waals surface area contributed by atoms with E-state index in [1.807, 2.05) is 0 Å². The Balaban J connectivity index is 2.30. The van der Waals surface area contributed by atoms with Gasteiger partial charge >= 0.3 is 5.97 Å². The van der Waals surface area contributed by atoms with Gasteiger partial charge in [-0.3, -0.25) is 4.79 Å². The highest BCUT2D eigenvalue weighted by molar-refractivity contribution is 5.97. The van der Waals surface area contributed by atoms with Gasteiger partial charge < -0.3 is 15.7 Å². The molecule has 84 valence electrons. The topological polar surface area (TPSA) is 96.5 Å². The van der Waals surface area contributed by atoms with E-state index in [9.17, 15) is 9.59 Å². The molecule has 0 bridgehead atoms. The smallest absolute Gasteiger partial charge is 0.354 e. The van der Waals surface area contributed by atoms with Gasteiger partial charge in [-0.2, -0.15) is 0 Å². The molecule has 3 N–H and O–H groups in total. The number of aromatic nitrogens is 1. The molecule has 0 radical (unpaired) electrons. The first-order chi connectivity index (χ1) is 7.58. The van der Waals surface area contributed by atoms with E-state index in [4.69, 9.17) is 10.8 Å². The largest absolute Gasteiger partial charge is 0.477 e. The molecule has 1 unspecified atom stereocenters. The van der Waals surface area contributed by atoms with Gasteiger partial charge in [0.05, 0.1) is 0 Å². The van der Waals surface area contributed by atoms with E-state index in [1.54, 1.807) is 6.07 Å². The van der Waals surface area contributed by atoms with Crippen LogP contribution in [0, 0.1) is 0 Å². The second-order valence-electron chi connectivity index (χ2n) is 3.67. The van der Waals surface area contributed by atoms with Crippen molar-refractivity contribution in [3.63, 3.8) is 0 Å². The molecule has 1 aliphatic rings. The van der Waals surface area contributed by atoms with Gasteiger partial charge in [0.2, 0.25) is 5.91 Å². The summed E-state index contributed by atoms with van der Waals surface area (Å²) < 4.78 is 0. The molecule has 1 aromatic heterocycles. The van der Waals surface area contributed by atoms with Crippen molar-refractivity contribution in [2.75, 3.05) is 11.4 Å². The normalized spacial score (nSPS) is 20.2. The highest BCUT2D eigenvalue weighted by Gasteiger charge is 2.28. The summed E-state index contributed by atoms with van der Waals surface area (Å²) in [5.41, 5.74) is 6.11. The third-order valence-electron chi connectivity index (χ3n) is 2.43. The second-order valence-corrected chi connectivity index (χ2v) is 3.67. The molecule has 16 heavy (non-hydrogen) atoms. The molecule has 1 aliphatic heterocycles. The van der Waals surface area contributed by atoms with Gasteiger partial charge in [0.1, 0.15) is 5.69 Å². The summed E-state index contributed by atoms with van der Waals surface area (Å²) in [6.07, 6.45) is 1.67. The van der Waals surface area contributed by atoms with Crippen LogP contribution in [0.4, 0.5) is 5.69 Å². The van der Waals surface area contributed by atoms with Crippen molar-refractivity contribution < 1.29 is 14.7 Å². The van der Waals surface area contributed by atoms with Crippen LogP contribution in [0.15, 0.2) is 18.3 Å². The van der Waals surface area contributed by atoms with Gasteiger partial charge in [-0.15, -0.1) is 0 Å². The van der Waals surface area contributed by atoms with Crippen LogP contribution in [0.3, 0.4) is 0 Å². The summed E-state index contributed by atoms with van der Waals surface area (Å²) in [6.45, 7) is 0.419. The fourth-order valence-corrected chi connectivity index (χ4v) is 1.69. The molecule has 2 rings (SSSR count). The summed E-state index contributed by atoms with van der Waals surface area (Å²) in [7, 11) is 0. The van der Waals surface area contributed by atoms with Gasteiger partial charge in [0.15, 0.2) is 0 Å². The van der Waals surface area contributed by atoms with Gasteiger partial charge in [-0.05, 0) is 12.1 Å². The van der Waals surface area contributed by atoms with Crippen LogP contribution < -0.4 is 10.6 Å². The number of hydrogen-bond acceptors (Lipinski definition) is 4. The average molecular weight is 221 g/mol. The Morgan fingerprint density at radius 3 is 2.94 bits per heavy atom. The van der Waals surface area contributed by atoms with Crippen molar-refractivity contribution >= 4 is 17.6 Å². The van der Waals surface area contributed by atoms with Crippen LogP contribution in [0.2, 0.25) is 0 Å². The minimum Gasteiger partial charge on any atom is -0.477 e. The van der Waals surface area contributed by atoms with Crippen molar-refractivity contribution in [1.29, 1.82) is 0 Å². The zero-order valence-corrected chi connectivity index (χ0v) is 8.46. The van der Waals surface area contributed by atoms with Gasteiger partial charge in [-0.25, -0.2) is 9.78 Å². The number of hydrogen-bond donors (Lipinski definition) is 2. The minimum absolute atomic E-state index is 0.0780. The molecule has 6 heteroatoms. The van der Waals surface area contributed by atoms with E-state index in [0.29, 0.717) is 18.7 Å². The van der Waals surface area contributed by atoms with Crippen LogP contribution >= 0.6 is 0 Å². The molecule has 0 aromatic carbocycles. The summed E-state index contributed by atoms with van der Waals surface area (Å²) in [4.78, 5) is 27.4. The number of carboxylic acid groups (broad SMARTS) is 1. The number of nitrogens with two attached hydrogens (primary N) is 1. The highest BCUT2D eigenvalue weighted by atomic mass is 16.4. The van der Waals surface area contributed by atoms with Crippen molar-refractivity contribution in [3.8, 4) is 0 Å². The molecule has 0 saturated carbocycles. The first kappa shape index (κ1) is 10.6. The Bertz CT molecular complexity index is 447. The third kappa shape index (κ3) is 1.87. The molecule has 1 aromatic rings. The predicted octanol–water partition coefficient (Wildman–Crippen LogP) is -0.156. The van der Waals surface area contributed by atoms with Crippen molar-refractivity contribution in [1.82, 2.24) is 4.98 Å². The zero-order chi connectivity index (χ0) is 11.7. The van der Waals surface area contributed by atoms with Crippen LogP contribution in [-0.4, -0.2) is 34.6 Å². The Labute approximate surface area is 91.7 Å². The molecule has 1 amide bonds. The Morgan fingerprint density at radius 1 is 1.62 bits per heavy atom. The van der Waals surface area contributed by atoms with Gasteiger partial charge in [-0.1, -0.05) is 0 Å². The van der Waals surface area contributed by atoms with Crippen LogP contribution in [-0.2, 0) is 4.79 Å². The fraction of sp³-hybridized carbons (Fsp3) is 0.300. The van der Waals surface area contributed by atoms with E-state index in [2.05, 4.69) is 4.98 Å². The lowest BCUT2D eigenvalue weighted by Gasteiger charge is -2.15. The maximum Gasteiger partial charge on any atom is 0.354 e. The summed E-state index contributed by atoms with van der Waals surface area (Å²) >= 11 is 0. The molecule has 0 aliphatic carbocycles. The van der Waals surface area contributed by atoms with Gasteiger partial charge in [0.25, 0.3) is 0 Å². The zero-order valence-electron chi connectivity index (χ0n) is 8.46. The van der Waals surface area contributed by atoms with Crippen molar-refractivity contribution in [3.05, 3.63) is 24.0 Å². The molecule has 1 saturated heterocycles. The van der Waals surface area contributed by atoms with Gasteiger partial charge in [0, 0.05) is 30.9 Å². The predicted molar refractivity (Wildman–Crippen MR) is 56.1 cm³/mol. The number of amides is 1. The molecule has 2 heterocycles. The standard InChI is InChI=1S/C10H11N3O3/c11-6-3-9(14)13(5-6)7-1-2-12-8(4-7)10(15)16/h1-2,4,6H,3,5,11H2,(H,15,16). The summed E-state index contributed by atoms with van der Waals surface area (Å²) in [6, 6.07) is 2.79. The molecule has 1 atom stereocenters. The SMILES string of the molecule is NC1CC(=O)N(c2ccnc(C(=O)O)c2)C1. The first-order valence-corrected chi connectivity index (χ1v) is 4.83. The van der Waals surface area contributed by atoms with Crippen LogP contribution in [0.1, 0.15) is 16.9 Å². The van der Waals surface area contributed by atoms with E-state index in [-0.39, 0.29) is 17.6 Å². The molecular formula is C10H11N3O3. The third-order valence-corrected chi connectivity index (χ3v) is 2.43. The fourth-order valence-electron chi connectivity index (χ4n) is 1.69. The number of rotatable bonds is 2. The van der Waals surface area contributed by atoms with Crippen LogP contribution in [0.5, 0.6) is 0 Å². The van der Waals surface area contributed by atoms with Crippen molar-refractivity contribution in [2.24, 2.45) is 5.73 Å². The quantitative estimate of drug-likeness (QED) is 0.723. The Morgan fingerprint density at radius 2 is 2.38 bits per heavy atom. The number of pyridine rings is 1. The average Bonchev–Trinajstić information content (AvgIpc) is 2.58. The number of carbonyl (C=O) groups excluding carboxylic acids is 1. The van der Waals surface area contributed by atoms with E-state index in [0.717, 1.165) is 0 Å². The number of carboxylic acids is 1. The maximum absolute atomic E-state index is 11.5. The Hall–Kier alpha value is -1.95. The van der Waals surface area contributed by atoms with Crippen LogP contribution in [0.25, 0.3) is 0 Å². The monoisotopic (exact) mass is 221 g/mol. The second kappa shape index (κ2) is 3.90. The van der Waals surface area contributed by atoms with E-state index >= 15 is 0 Å². The lowest BCUT2D eigenvalue weighted by Crippen LogP contribution is -2.28. The highest BCUT2D eigenvalue weighted by Crippen LogP contribution is 2.20. The Kier molecular flexibility index (Phi) is 2.57. The van der Waals surface area contributed by atoms with Crippen molar-refractivity contribution in [2.45, 2.75) is 12.5 Å². The molecular weight excluding hydrogens is 210 g/mol.